The summed E-state index contributed by atoms with van der Waals surface area (Å²) in [6, 6.07) is 5.69. The van der Waals surface area contributed by atoms with Gasteiger partial charge in [-0.05, 0) is 43.9 Å². The van der Waals surface area contributed by atoms with Crippen molar-refractivity contribution >= 4 is 48.0 Å². The van der Waals surface area contributed by atoms with Gasteiger partial charge in [-0.2, -0.15) is 0 Å². The second-order valence-electron chi connectivity index (χ2n) is 7.55. The maximum absolute atomic E-state index is 12.9. The second kappa shape index (κ2) is 10.8. The molecule has 1 fully saturated rings. The largest absolute Gasteiger partial charge is 0.398 e. The van der Waals surface area contributed by atoms with E-state index in [0.29, 0.717) is 56.5 Å². The first kappa shape index (κ1) is 25.0. The van der Waals surface area contributed by atoms with Gasteiger partial charge in [-0.3, -0.25) is 14.6 Å². The van der Waals surface area contributed by atoms with Crippen molar-refractivity contribution in [2.45, 2.75) is 32.6 Å². The lowest BCUT2D eigenvalue weighted by atomic mass is 9.99. The quantitative estimate of drug-likeness (QED) is 0.665. The van der Waals surface area contributed by atoms with Crippen LogP contribution >= 0.6 is 24.8 Å². The molecule has 0 aliphatic carbocycles. The van der Waals surface area contributed by atoms with E-state index in [4.69, 9.17) is 10.5 Å². The summed E-state index contributed by atoms with van der Waals surface area (Å²) >= 11 is 0. The molecule has 170 valence electrons. The molecule has 3 heterocycles. The Hall–Kier alpha value is -2.29. The predicted octanol–water partition coefficient (Wildman–Crippen LogP) is 2.25. The van der Waals surface area contributed by atoms with Crippen LogP contribution in [0.3, 0.4) is 0 Å². The number of rotatable bonds is 4. The molecular formula is C21H29Cl2N5O3. The normalized spacial score (nSPS) is 15.5. The van der Waals surface area contributed by atoms with E-state index in [0.717, 1.165) is 29.8 Å². The third-order valence-electron chi connectivity index (χ3n) is 5.70. The van der Waals surface area contributed by atoms with Crippen LogP contribution in [0, 0.1) is 6.92 Å². The summed E-state index contributed by atoms with van der Waals surface area (Å²) in [7, 11) is 0. The Morgan fingerprint density at radius 2 is 1.97 bits per heavy atom. The maximum Gasteiger partial charge on any atom is 0.255 e. The van der Waals surface area contributed by atoms with Gasteiger partial charge >= 0.3 is 0 Å². The van der Waals surface area contributed by atoms with Crippen molar-refractivity contribution in [1.82, 2.24) is 9.97 Å². The Balaban J connectivity index is 0.00000171. The zero-order valence-electron chi connectivity index (χ0n) is 17.6. The van der Waals surface area contributed by atoms with Crippen molar-refractivity contribution in [3.05, 3.63) is 45.4 Å². The number of halogens is 2. The van der Waals surface area contributed by atoms with Crippen LogP contribution in [0.4, 0.5) is 17.3 Å². The number of aromatic amines is 1. The summed E-state index contributed by atoms with van der Waals surface area (Å²) in [5.41, 5.74) is 9.82. The molecule has 0 radical (unpaired) electrons. The van der Waals surface area contributed by atoms with Crippen LogP contribution in [-0.4, -0.2) is 48.7 Å². The highest BCUT2D eigenvalue weighted by Crippen LogP contribution is 2.31. The number of anilines is 3. The molecule has 2 aromatic rings. The van der Waals surface area contributed by atoms with E-state index in [1.54, 1.807) is 4.90 Å². The van der Waals surface area contributed by atoms with E-state index < -0.39 is 0 Å². The van der Waals surface area contributed by atoms with Gasteiger partial charge in [-0.25, -0.2) is 4.98 Å². The average molecular weight is 470 g/mol. The lowest BCUT2D eigenvalue weighted by Crippen LogP contribution is -2.39. The number of fused-ring (bicyclic) bond motifs is 1. The van der Waals surface area contributed by atoms with Gasteiger partial charge in [0.05, 0.1) is 13.2 Å². The van der Waals surface area contributed by atoms with Crippen LogP contribution in [-0.2, 0) is 22.4 Å². The molecule has 0 atom stereocenters. The molecule has 0 unspecified atom stereocenters. The Morgan fingerprint density at radius 3 is 2.68 bits per heavy atom. The zero-order chi connectivity index (χ0) is 20.4. The standard InChI is InChI=1S/C21H27N5O3.2ClH/c1-14-15(20(28)24-21(23-14)25-10-12-29-13-11-25)7-8-19(27)26-9-3-4-16-17(22)5-2-6-18(16)26;;/h2,5-6H,3-4,7-13,22H2,1H3,(H,23,24,28);2*1H. The molecule has 2 aliphatic heterocycles. The number of hydrogen-bond acceptors (Lipinski definition) is 6. The van der Waals surface area contributed by atoms with E-state index >= 15 is 0 Å². The number of nitrogens with zero attached hydrogens (tertiary/aromatic N) is 3. The summed E-state index contributed by atoms with van der Waals surface area (Å²) in [6.07, 6.45) is 2.40. The molecule has 4 rings (SSSR count). The first-order valence-electron chi connectivity index (χ1n) is 10.1. The number of aryl methyl sites for hydroxylation is 1. The summed E-state index contributed by atoms with van der Waals surface area (Å²) in [4.78, 5) is 36.8. The van der Waals surface area contributed by atoms with Gasteiger partial charge < -0.3 is 20.3 Å². The molecule has 2 aliphatic rings. The topological polar surface area (TPSA) is 105 Å². The molecule has 1 amide bonds. The minimum Gasteiger partial charge on any atom is -0.398 e. The lowest BCUT2D eigenvalue weighted by Gasteiger charge is -2.30. The van der Waals surface area contributed by atoms with Gasteiger partial charge in [0, 0.05) is 48.7 Å². The second-order valence-corrected chi connectivity index (χ2v) is 7.55. The fourth-order valence-electron chi connectivity index (χ4n) is 4.09. The molecule has 3 N–H and O–H groups in total. The number of nitrogens with two attached hydrogens (primary N) is 1. The van der Waals surface area contributed by atoms with Crippen LogP contribution in [0.15, 0.2) is 23.0 Å². The predicted molar refractivity (Wildman–Crippen MR) is 127 cm³/mol. The third kappa shape index (κ3) is 5.31. The monoisotopic (exact) mass is 469 g/mol. The number of H-pyrrole nitrogens is 1. The number of carbonyl (C=O) groups is 1. The van der Waals surface area contributed by atoms with Crippen molar-refractivity contribution in [3.8, 4) is 0 Å². The highest BCUT2D eigenvalue weighted by atomic mass is 35.5. The molecule has 8 nitrogen and oxygen atoms in total. The first-order chi connectivity index (χ1) is 14.0. The van der Waals surface area contributed by atoms with Gasteiger partial charge in [-0.15, -0.1) is 24.8 Å². The Labute approximate surface area is 194 Å². The number of benzene rings is 1. The third-order valence-corrected chi connectivity index (χ3v) is 5.70. The maximum atomic E-state index is 12.9. The molecule has 0 spiro atoms. The number of carbonyl (C=O) groups excluding carboxylic acids is 1. The number of morpholine rings is 1. The van der Waals surface area contributed by atoms with E-state index in [2.05, 4.69) is 9.97 Å². The first-order valence-corrected chi connectivity index (χ1v) is 10.1. The van der Waals surface area contributed by atoms with Gasteiger partial charge in [0.2, 0.25) is 11.9 Å². The minimum absolute atomic E-state index is 0. The van der Waals surface area contributed by atoms with E-state index in [1.165, 1.54) is 0 Å². The summed E-state index contributed by atoms with van der Waals surface area (Å²) < 4.78 is 5.35. The van der Waals surface area contributed by atoms with Crippen molar-refractivity contribution in [2.24, 2.45) is 0 Å². The smallest absolute Gasteiger partial charge is 0.255 e. The van der Waals surface area contributed by atoms with Gasteiger partial charge in [0.1, 0.15) is 0 Å². The Bertz CT molecular complexity index is 976. The van der Waals surface area contributed by atoms with Crippen LogP contribution < -0.4 is 21.1 Å². The Kier molecular flexibility index (Phi) is 8.73. The number of aromatic nitrogens is 2. The SMILES string of the molecule is Cc1nc(N2CCOCC2)[nH]c(=O)c1CCC(=O)N1CCCc2c(N)cccc21.Cl.Cl. The molecule has 1 aromatic carbocycles. The van der Waals surface area contributed by atoms with E-state index in [-0.39, 0.29) is 42.7 Å². The fraction of sp³-hybridized carbons (Fsp3) is 0.476. The van der Waals surface area contributed by atoms with Crippen LogP contribution in [0.1, 0.15) is 29.7 Å². The number of nitrogen functional groups attached to an aromatic ring is 1. The molecule has 0 saturated carbocycles. The zero-order valence-corrected chi connectivity index (χ0v) is 19.2. The highest BCUT2D eigenvalue weighted by molar-refractivity contribution is 5.95. The summed E-state index contributed by atoms with van der Waals surface area (Å²) in [5, 5.41) is 0. The van der Waals surface area contributed by atoms with Crippen LogP contribution in [0.2, 0.25) is 0 Å². The van der Waals surface area contributed by atoms with Crippen molar-refractivity contribution in [3.63, 3.8) is 0 Å². The highest BCUT2D eigenvalue weighted by Gasteiger charge is 2.24. The van der Waals surface area contributed by atoms with Crippen LogP contribution in [0.25, 0.3) is 0 Å². The number of amides is 1. The van der Waals surface area contributed by atoms with Crippen molar-refractivity contribution in [1.29, 1.82) is 0 Å². The van der Waals surface area contributed by atoms with Crippen LogP contribution in [0.5, 0.6) is 0 Å². The molecule has 1 aromatic heterocycles. The van der Waals surface area contributed by atoms with Crippen molar-refractivity contribution < 1.29 is 9.53 Å². The molecular weight excluding hydrogens is 441 g/mol. The molecule has 31 heavy (non-hydrogen) atoms. The van der Waals surface area contributed by atoms with Crippen molar-refractivity contribution in [2.75, 3.05) is 48.4 Å². The average Bonchev–Trinajstić information content (AvgIpc) is 2.73. The molecule has 1 saturated heterocycles. The molecule has 10 heteroatoms. The van der Waals surface area contributed by atoms with E-state index in [1.807, 2.05) is 30.0 Å². The van der Waals surface area contributed by atoms with E-state index in [9.17, 15) is 9.59 Å². The minimum atomic E-state index is -0.171. The number of hydrogen-bond donors (Lipinski definition) is 2. The number of nitrogens with one attached hydrogen (secondary N) is 1. The molecule has 0 bridgehead atoms. The summed E-state index contributed by atoms with van der Waals surface area (Å²) in [5.74, 6) is 0.582. The van der Waals surface area contributed by atoms with Gasteiger partial charge in [-0.1, -0.05) is 6.07 Å². The number of ether oxygens (including phenoxy) is 1. The summed E-state index contributed by atoms with van der Waals surface area (Å²) in [6.45, 7) is 5.17. The van der Waals surface area contributed by atoms with Gasteiger partial charge in [0.15, 0.2) is 0 Å². The van der Waals surface area contributed by atoms with Gasteiger partial charge in [0.25, 0.3) is 5.56 Å². The lowest BCUT2D eigenvalue weighted by molar-refractivity contribution is -0.118. The fourth-order valence-corrected chi connectivity index (χ4v) is 4.09. The Morgan fingerprint density at radius 1 is 1.23 bits per heavy atom.